The van der Waals surface area contributed by atoms with Crippen molar-refractivity contribution in [2.24, 2.45) is 0 Å². The standard InChI is InChI=1S/C12H15NO3S/c1-3-12(14)11-8-13(11)17(15,16)10-6-4-9(2)5-7-10/h4-7,11H,3,8H2,1-2H3/t11-,13?/m1/s1. The van der Waals surface area contributed by atoms with E-state index in [4.69, 9.17) is 0 Å². The van der Waals surface area contributed by atoms with Crippen LogP contribution < -0.4 is 0 Å². The van der Waals surface area contributed by atoms with Crippen molar-refractivity contribution < 1.29 is 13.2 Å². The summed E-state index contributed by atoms with van der Waals surface area (Å²) in [7, 11) is -3.47. The zero-order valence-electron chi connectivity index (χ0n) is 9.88. The fourth-order valence-electron chi connectivity index (χ4n) is 1.73. The lowest BCUT2D eigenvalue weighted by Crippen LogP contribution is -2.18. The minimum absolute atomic E-state index is 0.0133. The number of aryl methyl sites for hydroxylation is 1. The average Bonchev–Trinajstić information content (AvgIpc) is 3.09. The number of ketones is 1. The molecule has 0 bridgehead atoms. The molecular formula is C12H15NO3S. The Hall–Kier alpha value is -1.20. The van der Waals surface area contributed by atoms with Gasteiger partial charge in [0.15, 0.2) is 5.78 Å². The summed E-state index contributed by atoms with van der Waals surface area (Å²) in [6, 6.07) is 6.24. The van der Waals surface area contributed by atoms with E-state index in [1.165, 1.54) is 4.31 Å². The number of nitrogens with zero attached hydrogens (tertiary/aromatic N) is 1. The van der Waals surface area contributed by atoms with E-state index >= 15 is 0 Å². The highest BCUT2D eigenvalue weighted by molar-refractivity contribution is 7.89. The van der Waals surface area contributed by atoms with Gasteiger partial charge in [0.05, 0.1) is 10.9 Å². The zero-order chi connectivity index (χ0) is 12.6. The minimum atomic E-state index is -3.47. The highest BCUT2D eigenvalue weighted by atomic mass is 32.2. The molecule has 5 heteroatoms. The SMILES string of the molecule is CCC(=O)[C@H]1CN1S(=O)(=O)c1ccc(C)cc1. The molecule has 1 aliphatic rings. The van der Waals surface area contributed by atoms with Crippen molar-refractivity contribution in [1.29, 1.82) is 0 Å². The van der Waals surface area contributed by atoms with Gasteiger partial charge in [-0.3, -0.25) is 4.79 Å². The molecule has 92 valence electrons. The molecule has 17 heavy (non-hydrogen) atoms. The number of sulfonamides is 1. The molecule has 1 aromatic carbocycles. The van der Waals surface area contributed by atoms with Gasteiger partial charge in [0, 0.05) is 13.0 Å². The van der Waals surface area contributed by atoms with Crippen LogP contribution in [0.3, 0.4) is 0 Å². The molecule has 0 radical (unpaired) electrons. The van der Waals surface area contributed by atoms with E-state index in [2.05, 4.69) is 0 Å². The lowest BCUT2D eigenvalue weighted by atomic mass is 10.2. The molecule has 0 aromatic heterocycles. The number of benzene rings is 1. The second kappa shape index (κ2) is 4.23. The van der Waals surface area contributed by atoms with Crippen molar-refractivity contribution in [2.75, 3.05) is 6.54 Å². The van der Waals surface area contributed by atoms with E-state index in [1.807, 2.05) is 6.92 Å². The van der Waals surface area contributed by atoms with Crippen molar-refractivity contribution in [1.82, 2.24) is 4.31 Å². The fourth-order valence-corrected chi connectivity index (χ4v) is 3.27. The Morgan fingerprint density at radius 1 is 1.35 bits per heavy atom. The molecule has 4 nitrogen and oxygen atoms in total. The van der Waals surface area contributed by atoms with Crippen molar-refractivity contribution >= 4 is 15.8 Å². The highest BCUT2D eigenvalue weighted by Crippen LogP contribution is 2.29. The third-order valence-corrected chi connectivity index (χ3v) is 4.80. The van der Waals surface area contributed by atoms with Gasteiger partial charge >= 0.3 is 0 Å². The van der Waals surface area contributed by atoms with Crippen LogP contribution >= 0.6 is 0 Å². The normalized spacial score (nSPS) is 23.4. The maximum Gasteiger partial charge on any atom is 0.243 e. The van der Waals surface area contributed by atoms with Gasteiger partial charge in [-0.15, -0.1) is 0 Å². The lowest BCUT2D eigenvalue weighted by molar-refractivity contribution is -0.118. The number of Topliss-reactive ketones (excluding diaryl/α,β-unsaturated/α-hetero) is 1. The summed E-state index contributed by atoms with van der Waals surface area (Å²) in [5.41, 5.74) is 1.01. The first-order chi connectivity index (χ1) is 7.96. The van der Waals surface area contributed by atoms with Crippen LogP contribution in [-0.2, 0) is 14.8 Å². The Morgan fingerprint density at radius 2 is 1.94 bits per heavy atom. The summed E-state index contributed by atoms with van der Waals surface area (Å²) in [6.07, 6.45) is 0.380. The Kier molecular flexibility index (Phi) is 3.05. The van der Waals surface area contributed by atoms with Crippen molar-refractivity contribution in [3.05, 3.63) is 29.8 Å². The van der Waals surface area contributed by atoms with Crippen LogP contribution in [0, 0.1) is 6.92 Å². The van der Waals surface area contributed by atoms with Gasteiger partial charge in [0.25, 0.3) is 0 Å². The minimum Gasteiger partial charge on any atom is -0.298 e. The fraction of sp³-hybridized carbons (Fsp3) is 0.417. The molecule has 0 saturated carbocycles. The van der Waals surface area contributed by atoms with Crippen LogP contribution in [-0.4, -0.2) is 31.1 Å². The van der Waals surface area contributed by atoms with Gasteiger partial charge in [0.2, 0.25) is 10.0 Å². The van der Waals surface area contributed by atoms with E-state index in [-0.39, 0.29) is 10.7 Å². The van der Waals surface area contributed by atoms with Crippen LogP contribution in [0.1, 0.15) is 18.9 Å². The summed E-state index contributed by atoms with van der Waals surface area (Å²) < 4.78 is 25.5. The molecule has 2 rings (SSSR count). The third kappa shape index (κ3) is 2.25. The predicted octanol–water partition coefficient (Wildman–Crippen LogP) is 1.35. The first kappa shape index (κ1) is 12.3. The van der Waals surface area contributed by atoms with Crippen molar-refractivity contribution in [3.8, 4) is 0 Å². The molecule has 1 aliphatic heterocycles. The van der Waals surface area contributed by atoms with Crippen molar-refractivity contribution in [2.45, 2.75) is 31.2 Å². The van der Waals surface area contributed by atoms with Gasteiger partial charge in [-0.1, -0.05) is 24.6 Å². The summed E-state index contributed by atoms with van der Waals surface area (Å²) in [5.74, 6) is -0.0133. The zero-order valence-corrected chi connectivity index (χ0v) is 10.7. The molecule has 1 saturated heterocycles. The topological polar surface area (TPSA) is 54.2 Å². The molecule has 2 atom stereocenters. The molecule has 0 amide bonds. The van der Waals surface area contributed by atoms with Crippen LogP contribution in [0.2, 0.25) is 0 Å². The number of carbonyl (C=O) groups is 1. The number of hydrogen-bond acceptors (Lipinski definition) is 3. The average molecular weight is 253 g/mol. The molecule has 0 N–H and O–H groups in total. The molecule has 1 fully saturated rings. The Labute approximate surface area is 101 Å². The molecule has 0 spiro atoms. The first-order valence-corrected chi connectivity index (χ1v) is 7.02. The highest BCUT2D eigenvalue weighted by Gasteiger charge is 2.48. The summed E-state index contributed by atoms with van der Waals surface area (Å²) >= 11 is 0. The molecule has 0 aliphatic carbocycles. The van der Waals surface area contributed by atoms with Gasteiger partial charge in [-0.2, -0.15) is 4.31 Å². The maximum atomic E-state index is 12.1. The summed E-state index contributed by atoms with van der Waals surface area (Å²) in [4.78, 5) is 11.7. The molecule has 1 unspecified atom stereocenters. The molecular weight excluding hydrogens is 238 g/mol. The van der Waals surface area contributed by atoms with E-state index in [1.54, 1.807) is 31.2 Å². The second-order valence-corrected chi connectivity index (χ2v) is 6.11. The van der Waals surface area contributed by atoms with Gasteiger partial charge in [-0.05, 0) is 19.1 Å². The van der Waals surface area contributed by atoms with Crippen LogP contribution in [0.25, 0.3) is 0 Å². The van der Waals surface area contributed by atoms with Gasteiger partial charge in [0.1, 0.15) is 0 Å². The second-order valence-electron chi connectivity index (χ2n) is 4.22. The molecule has 1 heterocycles. The largest absolute Gasteiger partial charge is 0.298 e. The predicted molar refractivity (Wildman–Crippen MR) is 64.2 cm³/mol. The van der Waals surface area contributed by atoms with Crippen LogP contribution in [0.15, 0.2) is 29.2 Å². The van der Waals surface area contributed by atoms with E-state index in [9.17, 15) is 13.2 Å². The summed E-state index contributed by atoms with van der Waals surface area (Å²) in [5, 5.41) is 0. The number of carbonyl (C=O) groups excluding carboxylic acids is 1. The van der Waals surface area contributed by atoms with Crippen LogP contribution in [0.5, 0.6) is 0 Å². The Balaban J connectivity index is 2.22. The maximum absolute atomic E-state index is 12.1. The van der Waals surface area contributed by atoms with E-state index in [0.717, 1.165) is 5.56 Å². The summed E-state index contributed by atoms with van der Waals surface area (Å²) in [6.45, 7) is 3.97. The van der Waals surface area contributed by atoms with Gasteiger partial charge in [-0.25, -0.2) is 8.42 Å². The Morgan fingerprint density at radius 3 is 2.47 bits per heavy atom. The quantitative estimate of drug-likeness (QED) is 0.761. The number of rotatable bonds is 4. The van der Waals surface area contributed by atoms with E-state index in [0.29, 0.717) is 13.0 Å². The first-order valence-electron chi connectivity index (χ1n) is 5.58. The monoisotopic (exact) mass is 253 g/mol. The third-order valence-electron chi connectivity index (χ3n) is 2.91. The Bertz CT molecular complexity index is 533. The lowest BCUT2D eigenvalue weighted by Gasteiger charge is -2.05. The van der Waals surface area contributed by atoms with Crippen molar-refractivity contribution in [3.63, 3.8) is 0 Å². The van der Waals surface area contributed by atoms with Crippen LogP contribution in [0.4, 0.5) is 0 Å². The van der Waals surface area contributed by atoms with E-state index < -0.39 is 16.1 Å². The van der Waals surface area contributed by atoms with Gasteiger partial charge < -0.3 is 0 Å². The molecule has 1 aromatic rings. The smallest absolute Gasteiger partial charge is 0.243 e. The number of hydrogen-bond donors (Lipinski definition) is 0.